The van der Waals surface area contributed by atoms with E-state index in [-0.39, 0.29) is 5.91 Å². The lowest BCUT2D eigenvalue weighted by molar-refractivity contribution is -0.124. The summed E-state index contributed by atoms with van der Waals surface area (Å²) in [4.78, 5) is 27.1. The van der Waals surface area contributed by atoms with E-state index < -0.39 is 0 Å². The van der Waals surface area contributed by atoms with Gasteiger partial charge < -0.3 is 15.0 Å². The molecule has 4 aromatic rings. The van der Waals surface area contributed by atoms with Crippen LogP contribution in [0.2, 0.25) is 0 Å². The van der Waals surface area contributed by atoms with Gasteiger partial charge >= 0.3 is 0 Å². The van der Waals surface area contributed by atoms with Gasteiger partial charge in [0.2, 0.25) is 0 Å². The average molecular weight is 566 g/mol. The van der Waals surface area contributed by atoms with Crippen molar-refractivity contribution < 1.29 is 9.53 Å². The first kappa shape index (κ1) is 26.4. The third kappa shape index (κ3) is 4.83. The van der Waals surface area contributed by atoms with Gasteiger partial charge in [0.25, 0.3) is 5.91 Å². The second-order valence-electron chi connectivity index (χ2n) is 11.4. The monoisotopic (exact) mass is 565 g/mol. The predicted molar refractivity (Wildman–Crippen MR) is 159 cm³/mol. The Balaban J connectivity index is 1.02. The molecule has 1 N–H and O–H groups in total. The summed E-state index contributed by atoms with van der Waals surface area (Å²) in [5.41, 5.74) is 6.39. The number of pyridine rings is 2. The van der Waals surface area contributed by atoms with Crippen molar-refractivity contribution in [2.75, 3.05) is 31.5 Å². The molecule has 7 rings (SSSR count). The maximum atomic E-state index is 13.0. The van der Waals surface area contributed by atoms with Crippen molar-refractivity contribution in [2.24, 2.45) is 7.05 Å². The Morgan fingerprint density at radius 1 is 1.14 bits per heavy atom. The number of fused-ring (bicyclic) bond motifs is 2. The molecule has 0 radical (unpaired) electrons. The smallest absolute Gasteiger partial charge is 0.271 e. The summed E-state index contributed by atoms with van der Waals surface area (Å²) in [6.45, 7) is 9.84. The first-order valence-electron chi connectivity index (χ1n) is 14.5. The zero-order valence-corrected chi connectivity index (χ0v) is 24.0. The minimum absolute atomic E-state index is 0.0425. The molecule has 11 nitrogen and oxygen atoms in total. The lowest BCUT2D eigenvalue weighted by Gasteiger charge is -2.36. The number of hydrogen-bond acceptors (Lipinski definition) is 8. The van der Waals surface area contributed by atoms with Gasteiger partial charge in [-0.1, -0.05) is 6.58 Å². The fraction of sp³-hybridized carbons (Fsp3) is 0.387. The second kappa shape index (κ2) is 10.7. The topological polar surface area (TPSA) is 106 Å². The molecular weight excluding hydrogens is 530 g/mol. The zero-order valence-electron chi connectivity index (χ0n) is 24.0. The molecule has 2 saturated heterocycles. The molecule has 216 valence electrons. The number of likely N-dealkylation sites (tertiary alicyclic amines) is 2. The van der Waals surface area contributed by atoms with Crippen molar-refractivity contribution in [1.82, 2.24) is 39.3 Å². The Bertz CT molecular complexity index is 1640. The molecule has 2 fully saturated rings. The molecule has 4 aromatic heterocycles. The molecule has 0 unspecified atom stereocenters. The number of rotatable bonds is 5. The zero-order chi connectivity index (χ0) is 28.8. The summed E-state index contributed by atoms with van der Waals surface area (Å²) >= 11 is 0. The molecule has 3 aliphatic rings. The van der Waals surface area contributed by atoms with E-state index in [1.807, 2.05) is 43.5 Å². The molecule has 0 spiro atoms. The fourth-order valence-corrected chi connectivity index (χ4v) is 6.51. The van der Waals surface area contributed by atoms with E-state index >= 15 is 0 Å². The van der Waals surface area contributed by atoms with E-state index in [1.165, 1.54) is 0 Å². The van der Waals surface area contributed by atoms with Crippen LogP contribution in [-0.4, -0.2) is 77.5 Å². The standard InChI is InChI=1S/C31H35N9O2/c1-20-29-28(36-30-26(19-42-29)25(5-10-32-30)23-16-34-37(3)17-23)15-27(35-20)22-6-12-38(13-7-22)24-8-14-39(18-24)31(41)21(2)40-11-4-9-33-40/h4-5,9-11,15-17,22,24H,2,6-8,12-14,18-19H2,1,3H3,(H,32,36)/t24-/m0/s1. The number of aryl methyl sites for hydroxylation is 2. The highest BCUT2D eigenvalue weighted by Crippen LogP contribution is 2.40. The van der Waals surface area contributed by atoms with Crippen LogP contribution in [0.15, 0.2) is 55.8 Å². The lowest BCUT2D eigenvalue weighted by atomic mass is 9.91. The van der Waals surface area contributed by atoms with E-state index in [9.17, 15) is 4.79 Å². The summed E-state index contributed by atoms with van der Waals surface area (Å²) in [6, 6.07) is 6.33. The van der Waals surface area contributed by atoms with Crippen LogP contribution in [0.25, 0.3) is 16.8 Å². The highest BCUT2D eigenvalue weighted by molar-refractivity contribution is 6.12. The maximum absolute atomic E-state index is 13.0. The van der Waals surface area contributed by atoms with Gasteiger partial charge in [0.15, 0.2) is 5.75 Å². The van der Waals surface area contributed by atoms with Gasteiger partial charge in [-0.25, -0.2) is 9.67 Å². The van der Waals surface area contributed by atoms with Gasteiger partial charge in [-0.15, -0.1) is 0 Å². The van der Waals surface area contributed by atoms with E-state index in [1.54, 1.807) is 27.8 Å². The Labute approximate surface area is 244 Å². The quantitative estimate of drug-likeness (QED) is 0.363. The number of nitrogens with zero attached hydrogens (tertiary/aromatic N) is 8. The summed E-state index contributed by atoms with van der Waals surface area (Å²) < 4.78 is 9.67. The Morgan fingerprint density at radius 2 is 2.00 bits per heavy atom. The lowest BCUT2D eigenvalue weighted by Crippen LogP contribution is -2.43. The van der Waals surface area contributed by atoms with Gasteiger partial charge in [0, 0.05) is 73.7 Å². The van der Waals surface area contributed by atoms with Crippen LogP contribution >= 0.6 is 0 Å². The first-order valence-corrected chi connectivity index (χ1v) is 14.5. The third-order valence-electron chi connectivity index (χ3n) is 8.79. The molecule has 0 bridgehead atoms. The van der Waals surface area contributed by atoms with Crippen LogP contribution in [0.5, 0.6) is 5.75 Å². The molecule has 11 heteroatoms. The third-order valence-corrected chi connectivity index (χ3v) is 8.79. The summed E-state index contributed by atoms with van der Waals surface area (Å²) in [5.74, 6) is 1.90. The number of amides is 1. The van der Waals surface area contributed by atoms with E-state index in [2.05, 4.69) is 38.0 Å². The number of carbonyl (C=O) groups is 1. The fourth-order valence-electron chi connectivity index (χ4n) is 6.51. The van der Waals surface area contributed by atoms with Gasteiger partial charge in [-0.05, 0) is 63.0 Å². The number of piperidine rings is 1. The number of hydrogen-bond donors (Lipinski definition) is 1. The Morgan fingerprint density at radius 3 is 2.76 bits per heavy atom. The van der Waals surface area contributed by atoms with Crippen LogP contribution in [0.3, 0.4) is 0 Å². The number of anilines is 2. The molecule has 3 aliphatic heterocycles. The molecule has 7 heterocycles. The van der Waals surface area contributed by atoms with E-state index in [4.69, 9.17) is 9.72 Å². The van der Waals surface area contributed by atoms with Crippen LogP contribution in [0.4, 0.5) is 11.5 Å². The van der Waals surface area contributed by atoms with Crippen molar-refractivity contribution in [3.05, 3.63) is 72.7 Å². The molecule has 0 aromatic carbocycles. The molecule has 42 heavy (non-hydrogen) atoms. The van der Waals surface area contributed by atoms with E-state index in [0.29, 0.717) is 24.3 Å². The van der Waals surface area contributed by atoms with Crippen molar-refractivity contribution in [3.63, 3.8) is 0 Å². The molecule has 0 aliphatic carbocycles. The second-order valence-corrected chi connectivity index (χ2v) is 11.4. The van der Waals surface area contributed by atoms with Gasteiger partial charge in [0.1, 0.15) is 18.1 Å². The Hall–Kier alpha value is -4.51. The number of ether oxygens (including phenoxy) is 1. The molecular formula is C31H35N9O2. The maximum Gasteiger partial charge on any atom is 0.271 e. The number of carbonyl (C=O) groups excluding carboxylic acids is 1. The van der Waals surface area contributed by atoms with Crippen LogP contribution in [0, 0.1) is 6.92 Å². The van der Waals surface area contributed by atoms with Crippen molar-refractivity contribution >= 4 is 23.1 Å². The highest BCUT2D eigenvalue weighted by Gasteiger charge is 2.34. The van der Waals surface area contributed by atoms with Crippen molar-refractivity contribution in [1.29, 1.82) is 0 Å². The summed E-state index contributed by atoms with van der Waals surface area (Å²) in [7, 11) is 1.92. The average Bonchev–Trinajstić information content (AvgIpc) is 3.77. The Kier molecular flexibility index (Phi) is 6.73. The largest absolute Gasteiger partial charge is 0.485 e. The van der Waals surface area contributed by atoms with Crippen LogP contribution in [0.1, 0.15) is 42.1 Å². The first-order chi connectivity index (χ1) is 20.4. The van der Waals surface area contributed by atoms with Gasteiger partial charge in [0.05, 0.1) is 17.6 Å². The number of nitrogens with one attached hydrogen (secondary N) is 1. The summed E-state index contributed by atoms with van der Waals surface area (Å²) in [6.07, 6.45) is 12.1. The van der Waals surface area contributed by atoms with Gasteiger partial charge in [-0.2, -0.15) is 10.2 Å². The van der Waals surface area contributed by atoms with E-state index in [0.717, 1.165) is 90.8 Å². The SMILES string of the molecule is C=C(C(=O)N1CC[C@H](N2CCC(c3cc4c(c(C)n3)OCc3c(-c5cnn(C)c5)ccnc3N4)CC2)C1)n1cccn1. The van der Waals surface area contributed by atoms with Gasteiger partial charge in [-0.3, -0.25) is 19.4 Å². The molecule has 1 atom stereocenters. The molecule has 1 amide bonds. The normalized spacial score (nSPS) is 19.0. The highest BCUT2D eigenvalue weighted by atomic mass is 16.5. The predicted octanol–water partition coefficient (Wildman–Crippen LogP) is 3.97. The van der Waals surface area contributed by atoms with Crippen molar-refractivity contribution in [3.8, 4) is 16.9 Å². The minimum atomic E-state index is -0.0425. The number of aromatic nitrogens is 6. The minimum Gasteiger partial charge on any atom is -0.485 e. The summed E-state index contributed by atoms with van der Waals surface area (Å²) in [5, 5.41) is 12.1. The van der Waals surface area contributed by atoms with Crippen molar-refractivity contribution in [2.45, 2.75) is 44.8 Å². The van der Waals surface area contributed by atoms with Crippen LogP contribution in [-0.2, 0) is 18.4 Å². The molecule has 0 saturated carbocycles. The van der Waals surface area contributed by atoms with Crippen LogP contribution < -0.4 is 10.1 Å².